The molecule has 0 bridgehead atoms. The Morgan fingerprint density at radius 1 is 1.55 bits per heavy atom. The van der Waals surface area contributed by atoms with E-state index in [-0.39, 0.29) is 18.2 Å². The summed E-state index contributed by atoms with van der Waals surface area (Å²) in [6.45, 7) is 4.38. The molecule has 22 heavy (non-hydrogen) atoms. The van der Waals surface area contributed by atoms with Crippen LogP contribution < -0.4 is 21.3 Å². The van der Waals surface area contributed by atoms with Gasteiger partial charge in [0.15, 0.2) is 0 Å². The zero-order chi connectivity index (χ0) is 15.9. The number of hydrogen-bond acceptors (Lipinski definition) is 5. The molecule has 0 spiro atoms. The highest BCUT2D eigenvalue weighted by Gasteiger charge is 2.31. The van der Waals surface area contributed by atoms with Crippen LogP contribution in [0.5, 0.6) is 5.75 Å². The first-order chi connectivity index (χ1) is 10.6. The van der Waals surface area contributed by atoms with Gasteiger partial charge in [0.1, 0.15) is 5.75 Å². The summed E-state index contributed by atoms with van der Waals surface area (Å²) in [5, 5.41) is 2.78. The molecular formula is C15H22N4O3. The summed E-state index contributed by atoms with van der Waals surface area (Å²) < 4.78 is 5.49. The quantitative estimate of drug-likeness (QED) is 0.383. The third-order valence-electron chi connectivity index (χ3n) is 3.58. The number of ether oxygens (including phenoxy) is 1. The zero-order valence-electron chi connectivity index (χ0n) is 12.7. The molecule has 7 heteroatoms. The number of carbonyl (C=O) groups excluding carboxylic acids is 2. The Morgan fingerprint density at radius 2 is 2.36 bits per heavy atom. The maximum absolute atomic E-state index is 12.0. The number of nitrogens with zero attached hydrogens (tertiary/aromatic N) is 1. The molecule has 1 fully saturated rings. The average molecular weight is 306 g/mol. The van der Waals surface area contributed by atoms with E-state index < -0.39 is 6.04 Å². The van der Waals surface area contributed by atoms with Crippen molar-refractivity contribution in [1.29, 1.82) is 0 Å². The maximum Gasteiger partial charge on any atom is 0.237 e. The first-order valence-electron chi connectivity index (χ1n) is 7.37. The lowest BCUT2D eigenvalue weighted by molar-refractivity contribution is -0.134. The molecule has 1 aromatic carbocycles. The van der Waals surface area contributed by atoms with Crippen LogP contribution in [-0.2, 0) is 16.1 Å². The largest absolute Gasteiger partial charge is 0.494 e. The van der Waals surface area contributed by atoms with Crippen LogP contribution in [0.2, 0.25) is 0 Å². The molecule has 1 heterocycles. The van der Waals surface area contributed by atoms with Crippen molar-refractivity contribution in [3.8, 4) is 5.75 Å². The summed E-state index contributed by atoms with van der Waals surface area (Å²) in [4.78, 5) is 25.5. The van der Waals surface area contributed by atoms with Gasteiger partial charge >= 0.3 is 0 Å². The molecule has 1 aliphatic rings. The van der Waals surface area contributed by atoms with Crippen molar-refractivity contribution in [2.75, 3.05) is 19.7 Å². The molecule has 0 aliphatic carbocycles. The molecule has 0 aromatic heterocycles. The molecule has 1 saturated heterocycles. The van der Waals surface area contributed by atoms with E-state index in [2.05, 4.69) is 10.7 Å². The van der Waals surface area contributed by atoms with E-state index in [4.69, 9.17) is 10.6 Å². The minimum absolute atomic E-state index is 0.0491. The van der Waals surface area contributed by atoms with E-state index in [0.29, 0.717) is 26.2 Å². The number of amides is 2. The molecule has 0 saturated carbocycles. The van der Waals surface area contributed by atoms with Crippen molar-refractivity contribution < 1.29 is 14.3 Å². The number of benzene rings is 1. The van der Waals surface area contributed by atoms with Crippen LogP contribution in [0.3, 0.4) is 0 Å². The Hall–Kier alpha value is -2.12. The highest BCUT2D eigenvalue weighted by molar-refractivity contribution is 5.88. The lowest BCUT2D eigenvalue weighted by atomic mass is 10.1. The zero-order valence-corrected chi connectivity index (χ0v) is 12.7. The van der Waals surface area contributed by atoms with Crippen molar-refractivity contribution in [3.63, 3.8) is 0 Å². The summed E-state index contributed by atoms with van der Waals surface area (Å²) in [5.41, 5.74) is 3.12. The Morgan fingerprint density at radius 3 is 3.09 bits per heavy atom. The number of piperazine rings is 1. The van der Waals surface area contributed by atoms with Crippen molar-refractivity contribution in [2.45, 2.75) is 25.9 Å². The summed E-state index contributed by atoms with van der Waals surface area (Å²) in [5.74, 6) is 5.43. The molecule has 2 amide bonds. The third kappa shape index (κ3) is 4.19. The van der Waals surface area contributed by atoms with E-state index in [0.717, 1.165) is 11.3 Å². The van der Waals surface area contributed by atoms with E-state index >= 15 is 0 Å². The fraction of sp³-hybridized carbons (Fsp3) is 0.467. The number of nitrogens with one attached hydrogen (secondary N) is 2. The minimum Gasteiger partial charge on any atom is -0.494 e. The fourth-order valence-electron chi connectivity index (χ4n) is 2.54. The van der Waals surface area contributed by atoms with Gasteiger partial charge in [0.25, 0.3) is 0 Å². The van der Waals surface area contributed by atoms with Gasteiger partial charge in [-0.1, -0.05) is 12.1 Å². The number of carbonyl (C=O) groups is 2. The normalized spacial score (nSPS) is 18.6. The minimum atomic E-state index is -0.506. The molecular weight excluding hydrogens is 284 g/mol. The standard InChI is InChI=1S/C15H22N4O3/c1-2-22-12-5-3-4-11(8-12)10-19-7-6-17-15(21)13(19)9-14(20)18-16/h3-5,8,13H,2,6-7,9-10,16H2,1H3,(H,17,21)(H,18,20). The van der Waals surface area contributed by atoms with Crippen LogP contribution in [0.1, 0.15) is 18.9 Å². The second-order valence-corrected chi connectivity index (χ2v) is 5.13. The lowest BCUT2D eigenvalue weighted by Gasteiger charge is -2.34. The maximum atomic E-state index is 12.0. The summed E-state index contributed by atoms with van der Waals surface area (Å²) in [6, 6.07) is 7.25. The van der Waals surface area contributed by atoms with Crippen LogP contribution in [0.4, 0.5) is 0 Å². The second kappa shape index (κ2) is 7.77. The van der Waals surface area contributed by atoms with Gasteiger partial charge in [0.05, 0.1) is 19.1 Å². The Bertz CT molecular complexity index is 535. The summed E-state index contributed by atoms with van der Waals surface area (Å²) >= 11 is 0. The van der Waals surface area contributed by atoms with Crippen LogP contribution in [0.15, 0.2) is 24.3 Å². The monoisotopic (exact) mass is 306 g/mol. The molecule has 2 rings (SSSR count). The van der Waals surface area contributed by atoms with Crippen LogP contribution in [0, 0.1) is 0 Å². The molecule has 7 nitrogen and oxygen atoms in total. The van der Waals surface area contributed by atoms with E-state index in [9.17, 15) is 9.59 Å². The van der Waals surface area contributed by atoms with Crippen molar-refractivity contribution >= 4 is 11.8 Å². The predicted octanol–water partition coefficient (Wildman–Crippen LogP) is -0.234. The molecule has 1 aromatic rings. The van der Waals surface area contributed by atoms with Crippen LogP contribution in [-0.4, -0.2) is 42.5 Å². The van der Waals surface area contributed by atoms with Gasteiger partial charge in [-0.25, -0.2) is 5.84 Å². The first-order valence-corrected chi connectivity index (χ1v) is 7.37. The predicted molar refractivity (Wildman–Crippen MR) is 81.8 cm³/mol. The van der Waals surface area contributed by atoms with Crippen molar-refractivity contribution in [1.82, 2.24) is 15.6 Å². The SMILES string of the molecule is CCOc1cccc(CN2CCNC(=O)C2CC(=O)NN)c1. The first kappa shape index (κ1) is 16.3. The van der Waals surface area contributed by atoms with Gasteiger partial charge < -0.3 is 10.1 Å². The lowest BCUT2D eigenvalue weighted by Crippen LogP contribution is -2.56. The van der Waals surface area contributed by atoms with Gasteiger partial charge in [-0.15, -0.1) is 0 Å². The van der Waals surface area contributed by atoms with Gasteiger partial charge in [0.2, 0.25) is 11.8 Å². The number of hydrogen-bond donors (Lipinski definition) is 3. The molecule has 120 valence electrons. The van der Waals surface area contributed by atoms with Gasteiger partial charge in [-0.2, -0.15) is 0 Å². The van der Waals surface area contributed by atoms with E-state index in [1.165, 1.54) is 0 Å². The van der Waals surface area contributed by atoms with Crippen molar-refractivity contribution in [2.24, 2.45) is 5.84 Å². The molecule has 1 unspecified atom stereocenters. The van der Waals surface area contributed by atoms with Gasteiger partial charge in [-0.05, 0) is 24.6 Å². The highest BCUT2D eigenvalue weighted by Crippen LogP contribution is 2.18. The molecule has 4 N–H and O–H groups in total. The number of rotatable bonds is 6. The van der Waals surface area contributed by atoms with Crippen LogP contribution >= 0.6 is 0 Å². The topological polar surface area (TPSA) is 96.7 Å². The molecule has 1 atom stereocenters. The van der Waals surface area contributed by atoms with Gasteiger partial charge in [-0.3, -0.25) is 19.9 Å². The van der Waals surface area contributed by atoms with E-state index in [1.54, 1.807) is 0 Å². The summed E-state index contributed by atoms with van der Waals surface area (Å²) in [7, 11) is 0. The third-order valence-corrected chi connectivity index (χ3v) is 3.58. The smallest absolute Gasteiger partial charge is 0.237 e. The van der Waals surface area contributed by atoms with Crippen molar-refractivity contribution in [3.05, 3.63) is 29.8 Å². The van der Waals surface area contributed by atoms with Crippen LogP contribution in [0.25, 0.3) is 0 Å². The molecule has 1 aliphatic heterocycles. The Labute approximate surface area is 129 Å². The van der Waals surface area contributed by atoms with Gasteiger partial charge in [0, 0.05) is 19.6 Å². The Balaban J connectivity index is 2.09. The summed E-state index contributed by atoms with van der Waals surface area (Å²) in [6.07, 6.45) is 0.0491. The highest BCUT2D eigenvalue weighted by atomic mass is 16.5. The fourth-order valence-corrected chi connectivity index (χ4v) is 2.54. The second-order valence-electron chi connectivity index (χ2n) is 5.13. The van der Waals surface area contributed by atoms with E-state index in [1.807, 2.05) is 36.1 Å². The Kier molecular flexibility index (Phi) is 5.74. The molecule has 0 radical (unpaired) electrons. The number of nitrogens with two attached hydrogens (primary N) is 1. The number of hydrazine groups is 1. The average Bonchev–Trinajstić information content (AvgIpc) is 2.51.